The number of aliphatic hydroxyl groups is 1. The highest BCUT2D eigenvalue weighted by atomic mass is 16.5. The summed E-state index contributed by atoms with van der Waals surface area (Å²) in [5.41, 5.74) is 2.79. The molecule has 7 nitrogen and oxygen atoms in total. The van der Waals surface area contributed by atoms with Crippen molar-refractivity contribution in [1.82, 2.24) is 10.2 Å². The minimum Gasteiger partial charge on any atom is -0.463 e. The van der Waals surface area contributed by atoms with E-state index in [1.165, 1.54) is 0 Å². The van der Waals surface area contributed by atoms with Gasteiger partial charge < -0.3 is 20.1 Å². The van der Waals surface area contributed by atoms with Crippen molar-refractivity contribution in [3.8, 4) is 0 Å². The number of aliphatic hydroxyl groups excluding tert-OH is 1. The average Bonchev–Trinajstić information content (AvgIpc) is 3.07. The van der Waals surface area contributed by atoms with E-state index in [1.807, 2.05) is 97.1 Å². The molecule has 0 saturated heterocycles. The third-order valence-corrected chi connectivity index (χ3v) is 7.71. The predicted molar refractivity (Wildman–Crippen MR) is 178 cm³/mol. The molecule has 3 aromatic carbocycles. The topological polar surface area (TPSA) is 95.9 Å². The number of nitrogens with zero attached hydrogens (tertiary/aromatic N) is 1. The van der Waals surface area contributed by atoms with Crippen LogP contribution in [0.1, 0.15) is 54.8 Å². The molecule has 3 unspecified atom stereocenters. The van der Waals surface area contributed by atoms with Crippen LogP contribution >= 0.6 is 0 Å². The van der Waals surface area contributed by atoms with Crippen LogP contribution in [0.5, 0.6) is 0 Å². The molecule has 0 aliphatic heterocycles. The lowest BCUT2D eigenvalue weighted by Crippen LogP contribution is -2.40. The molecule has 0 radical (unpaired) electrons. The summed E-state index contributed by atoms with van der Waals surface area (Å²) in [7, 11) is 0. The van der Waals surface area contributed by atoms with Crippen molar-refractivity contribution < 1.29 is 24.2 Å². The number of allylic oxidation sites excluding steroid dienone is 2. The number of carbonyl (C=O) groups excluding carboxylic acids is 3. The van der Waals surface area contributed by atoms with Crippen molar-refractivity contribution in [2.75, 3.05) is 19.8 Å². The molecule has 3 rings (SSSR count). The molecule has 2 amide bonds. The Morgan fingerprint density at radius 2 is 1.47 bits per heavy atom. The first kappa shape index (κ1) is 35.0. The first-order valence-corrected chi connectivity index (χ1v) is 15.6. The lowest BCUT2D eigenvalue weighted by atomic mass is 9.94. The SMILES string of the molecule is C=CCCCC(Cc1ccccc1)C(=O)OCC(NC(=O)C(CC=C)CC(=O)N(CCO)Cc1ccccc1)c1ccccc1. The Balaban J connectivity index is 1.71. The summed E-state index contributed by atoms with van der Waals surface area (Å²) in [5.74, 6) is -1.88. The molecular formula is C38H46N2O5. The predicted octanol–water partition coefficient (Wildman–Crippen LogP) is 6.21. The van der Waals surface area contributed by atoms with E-state index in [1.54, 1.807) is 11.0 Å². The van der Waals surface area contributed by atoms with Gasteiger partial charge >= 0.3 is 5.97 Å². The lowest BCUT2D eigenvalue weighted by molar-refractivity contribution is -0.150. The summed E-state index contributed by atoms with van der Waals surface area (Å²) in [4.78, 5) is 42.0. The van der Waals surface area contributed by atoms with Crippen LogP contribution in [0.2, 0.25) is 0 Å². The number of ether oxygens (including phenoxy) is 1. The minimum absolute atomic E-state index is 0.0409. The fourth-order valence-corrected chi connectivity index (χ4v) is 5.23. The van der Waals surface area contributed by atoms with Gasteiger partial charge in [0.1, 0.15) is 6.61 Å². The van der Waals surface area contributed by atoms with Crippen LogP contribution in [0.25, 0.3) is 0 Å². The second kappa shape index (κ2) is 19.7. The van der Waals surface area contributed by atoms with Gasteiger partial charge in [0.2, 0.25) is 11.8 Å². The van der Waals surface area contributed by atoms with E-state index in [4.69, 9.17) is 4.74 Å². The highest BCUT2D eigenvalue weighted by Gasteiger charge is 2.28. The van der Waals surface area contributed by atoms with E-state index in [9.17, 15) is 19.5 Å². The Morgan fingerprint density at radius 1 is 0.844 bits per heavy atom. The number of rotatable bonds is 20. The van der Waals surface area contributed by atoms with Gasteiger partial charge in [-0.25, -0.2) is 0 Å². The molecule has 0 aliphatic carbocycles. The molecule has 0 aromatic heterocycles. The molecule has 3 atom stereocenters. The van der Waals surface area contributed by atoms with Crippen LogP contribution in [-0.2, 0) is 32.1 Å². The summed E-state index contributed by atoms with van der Waals surface area (Å²) >= 11 is 0. The van der Waals surface area contributed by atoms with Gasteiger partial charge in [0.25, 0.3) is 0 Å². The maximum Gasteiger partial charge on any atom is 0.309 e. The quantitative estimate of drug-likeness (QED) is 0.0902. The molecular weight excluding hydrogens is 564 g/mol. The molecule has 0 spiro atoms. The Kier molecular flexibility index (Phi) is 15.3. The van der Waals surface area contributed by atoms with Gasteiger partial charge in [-0.2, -0.15) is 0 Å². The maximum atomic E-state index is 13.7. The lowest BCUT2D eigenvalue weighted by Gasteiger charge is -2.26. The molecule has 0 saturated carbocycles. The molecule has 0 bridgehead atoms. The smallest absolute Gasteiger partial charge is 0.309 e. The number of hydrogen-bond donors (Lipinski definition) is 2. The molecule has 0 heterocycles. The largest absolute Gasteiger partial charge is 0.463 e. The molecule has 238 valence electrons. The van der Waals surface area contributed by atoms with E-state index < -0.39 is 12.0 Å². The Hall–Kier alpha value is -4.49. The van der Waals surface area contributed by atoms with Gasteiger partial charge in [0.05, 0.1) is 24.5 Å². The summed E-state index contributed by atoms with van der Waals surface area (Å²) in [6, 6.07) is 28.2. The van der Waals surface area contributed by atoms with E-state index in [2.05, 4.69) is 18.5 Å². The van der Waals surface area contributed by atoms with Gasteiger partial charge in [-0.15, -0.1) is 13.2 Å². The van der Waals surface area contributed by atoms with Gasteiger partial charge in [-0.1, -0.05) is 103 Å². The van der Waals surface area contributed by atoms with Crippen LogP contribution in [0.4, 0.5) is 0 Å². The highest BCUT2D eigenvalue weighted by Crippen LogP contribution is 2.21. The van der Waals surface area contributed by atoms with Crippen LogP contribution < -0.4 is 5.32 Å². The van der Waals surface area contributed by atoms with E-state index >= 15 is 0 Å². The zero-order valence-corrected chi connectivity index (χ0v) is 26.1. The van der Waals surface area contributed by atoms with E-state index in [-0.39, 0.29) is 49.9 Å². The number of carbonyl (C=O) groups is 3. The van der Waals surface area contributed by atoms with E-state index in [0.29, 0.717) is 25.8 Å². The molecule has 45 heavy (non-hydrogen) atoms. The van der Waals surface area contributed by atoms with Crippen LogP contribution in [0.15, 0.2) is 116 Å². The normalized spacial score (nSPS) is 12.7. The van der Waals surface area contributed by atoms with Crippen molar-refractivity contribution >= 4 is 17.8 Å². The van der Waals surface area contributed by atoms with Crippen LogP contribution in [0, 0.1) is 11.8 Å². The van der Waals surface area contributed by atoms with Gasteiger partial charge in [-0.3, -0.25) is 14.4 Å². The molecule has 0 aliphatic rings. The second-order valence-electron chi connectivity index (χ2n) is 11.2. The van der Waals surface area contributed by atoms with Gasteiger partial charge in [0, 0.05) is 19.5 Å². The van der Waals surface area contributed by atoms with E-state index in [0.717, 1.165) is 29.5 Å². The zero-order valence-electron chi connectivity index (χ0n) is 26.1. The summed E-state index contributed by atoms with van der Waals surface area (Å²) in [6.45, 7) is 7.87. The number of unbranched alkanes of at least 4 members (excludes halogenated alkanes) is 1. The average molecular weight is 611 g/mol. The summed E-state index contributed by atoms with van der Waals surface area (Å²) in [5, 5.41) is 12.6. The van der Waals surface area contributed by atoms with Crippen molar-refractivity contribution in [2.45, 2.75) is 51.1 Å². The highest BCUT2D eigenvalue weighted by molar-refractivity contribution is 5.86. The van der Waals surface area contributed by atoms with Crippen molar-refractivity contribution in [1.29, 1.82) is 0 Å². The van der Waals surface area contributed by atoms with Crippen molar-refractivity contribution in [3.05, 3.63) is 133 Å². The van der Waals surface area contributed by atoms with Gasteiger partial charge in [0.15, 0.2) is 0 Å². The monoisotopic (exact) mass is 610 g/mol. The third kappa shape index (κ3) is 12.2. The van der Waals surface area contributed by atoms with Crippen LogP contribution in [-0.4, -0.2) is 47.5 Å². The zero-order chi connectivity index (χ0) is 32.3. The minimum atomic E-state index is -0.682. The number of esters is 1. The molecule has 2 N–H and O–H groups in total. The second-order valence-corrected chi connectivity index (χ2v) is 11.2. The number of benzene rings is 3. The number of hydrogen-bond acceptors (Lipinski definition) is 5. The molecule has 7 heteroatoms. The standard InChI is InChI=1S/C38H46N2O5/c1-3-5-9-23-34(26-30-17-10-6-11-18-30)38(44)45-29-35(32-21-14-8-15-22-32)39-37(43)33(16-4-2)27-36(42)40(24-25-41)28-31-19-12-7-13-20-31/h3-4,6-8,10-15,17-22,33-35,41H,1-2,5,9,16,23-29H2,(H,39,43). The molecule has 3 aromatic rings. The Morgan fingerprint density at radius 3 is 2.07 bits per heavy atom. The summed E-state index contributed by atoms with van der Waals surface area (Å²) in [6.07, 6.45) is 6.58. The summed E-state index contributed by atoms with van der Waals surface area (Å²) < 4.78 is 5.88. The fourth-order valence-electron chi connectivity index (χ4n) is 5.23. The first-order chi connectivity index (χ1) is 21.9. The third-order valence-electron chi connectivity index (χ3n) is 7.71. The number of amides is 2. The number of nitrogens with one attached hydrogen (secondary N) is 1. The maximum absolute atomic E-state index is 13.7. The Labute approximate surface area is 267 Å². The fraction of sp³-hybridized carbons (Fsp3) is 0.342. The first-order valence-electron chi connectivity index (χ1n) is 15.6. The van der Waals surface area contributed by atoms with Crippen LogP contribution in [0.3, 0.4) is 0 Å². The molecule has 0 fully saturated rings. The van der Waals surface area contributed by atoms with Crippen molar-refractivity contribution in [2.24, 2.45) is 11.8 Å². The van der Waals surface area contributed by atoms with Crippen molar-refractivity contribution in [3.63, 3.8) is 0 Å². The van der Waals surface area contributed by atoms with Gasteiger partial charge in [-0.05, 0) is 48.8 Å². The Bertz CT molecular complexity index is 1330.